The van der Waals surface area contributed by atoms with E-state index in [-0.39, 0.29) is 0 Å². The van der Waals surface area contributed by atoms with E-state index in [4.69, 9.17) is 16.3 Å². The molecule has 2 aromatic rings. The number of hydrogen-bond acceptors (Lipinski definition) is 4. The minimum atomic E-state index is 0.656. The smallest absolute Gasteiger partial charge is 0.120 e. The zero-order chi connectivity index (χ0) is 11.4. The van der Waals surface area contributed by atoms with E-state index in [1.807, 2.05) is 23.8 Å². The van der Waals surface area contributed by atoms with E-state index in [9.17, 15) is 0 Å². The Morgan fingerprint density at radius 2 is 2.38 bits per heavy atom. The van der Waals surface area contributed by atoms with Crippen LogP contribution in [0.3, 0.4) is 0 Å². The number of benzene rings is 1. The van der Waals surface area contributed by atoms with Crippen molar-refractivity contribution in [3.63, 3.8) is 0 Å². The third kappa shape index (κ3) is 2.65. The highest BCUT2D eigenvalue weighted by atomic mass is 35.5. The lowest BCUT2D eigenvalue weighted by atomic mass is 10.3. The number of aromatic nitrogens is 1. The van der Waals surface area contributed by atoms with E-state index < -0.39 is 0 Å². The van der Waals surface area contributed by atoms with Crippen LogP contribution in [0, 0.1) is 0 Å². The first-order chi connectivity index (χ1) is 7.79. The lowest BCUT2D eigenvalue weighted by Gasteiger charge is -2.08. The van der Waals surface area contributed by atoms with Gasteiger partial charge in [0.05, 0.1) is 29.9 Å². The Bertz CT molecular complexity index is 459. The monoisotopic (exact) mass is 254 g/mol. The highest BCUT2D eigenvalue weighted by Gasteiger charge is 2.02. The first kappa shape index (κ1) is 11.2. The minimum Gasteiger partial charge on any atom is -0.497 e. The van der Waals surface area contributed by atoms with Crippen molar-refractivity contribution in [2.24, 2.45) is 0 Å². The van der Waals surface area contributed by atoms with Crippen molar-refractivity contribution in [2.75, 3.05) is 12.4 Å². The summed E-state index contributed by atoms with van der Waals surface area (Å²) in [5, 5.41) is 3.91. The maximum Gasteiger partial charge on any atom is 0.120 e. The number of nitrogens with zero attached hydrogens (tertiary/aromatic N) is 1. The Morgan fingerprint density at radius 3 is 3.00 bits per heavy atom. The van der Waals surface area contributed by atoms with E-state index in [2.05, 4.69) is 10.3 Å². The third-order valence-corrected chi connectivity index (χ3v) is 3.21. The van der Waals surface area contributed by atoms with Crippen LogP contribution in [0.5, 0.6) is 5.75 Å². The summed E-state index contributed by atoms with van der Waals surface area (Å²) < 4.78 is 5.08. The molecule has 0 aliphatic rings. The predicted molar refractivity (Wildman–Crippen MR) is 67.4 cm³/mol. The number of rotatable bonds is 4. The number of nitrogens with one attached hydrogen (secondary N) is 1. The van der Waals surface area contributed by atoms with Gasteiger partial charge < -0.3 is 10.1 Å². The third-order valence-electron chi connectivity index (χ3n) is 2.11. The predicted octanol–water partition coefficient (Wildman–Crippen LogP) is 3.42. The molecule has 5 heteroatoms. The molecule has 1 aromatic carbocycles. The molecule has 3 nitrogen and oxygen atoms in total. The van der Waals surface area contributed by atoms with Crippen LogP contribution in [0.2, 0.25) is 5.02 Å². The van der Waals surface area contributed by atoms with E-state index in [0.29, 0.717) is 5.02 Å². The van der Waals surface area contributed by atoms with E-state index in [1.54, 1.807) is 24.5 Å². The summed E-state index contributed by atoms with van der Waals surface area (Å²) >= 11 is 7.71. The highest BCUT2D eigenvalue weighted by molar-refractivity contribution is 7.09. The average Bonchev–Trinajstić information content (AvgIpc) is 2.80. The van der Waals surface area contributed by atoms with Gasteiger partial charge in [-0.05, 0) is 12.1 Å². The van der Waals surface area contributed by atoms with Gasteiger partial charge in [-0.1, -0.05) is 11.6 Å². The summed E-state index contributed by atoms with van der Waals surface area (Å²) in [5.74, 6) is 0.758. The fourth-order valence-electron chi connectivity index (χ4n) is 1.28. The molecule has 0 bridgehead atoms. The first-order valence-corrected chi connectivity index (χ1v) is 6.00. The zero-order valence-corrected chi connectivity index (χ0v) is 10.3. The second-order valence-electron chi connectivity index (χ2n) is 3.17. The van der Waals surface area contributed by atoms with Gasteiger partial charge in [0, 0.05) is 17.1 Å². The number of thiazole rings is 1. The summed E-state index contributed by atoms with van der Waals surface area (Å²) in [5.41, 5.74) is 2.71. The van der Waals surface area contributed by atoms with Gasteiger partial charge in [-0.2, -0.15) is 0 Å². The highest BCUT2D eigenvalue weighted by Crippen LogP contribution is 2.27. The second-order valence-corrected chi connectivity index (χ2v) is 4.55. The van der Waals surface area contributed by atoms with Crippen molar-refractivity contribution in [1.29, 1.82) is 0 Å². The van der Waals surface area contributed by atoms with Gasteiger partial charge in [-0.25, -0.2) is 0 Å². The minimum absolute atomic E-state index is 0.656. The molecule has 0 amide bonds. The Kier molecular flexibility index (Phi) is 3.64. The molecular formula is C11H11ClN2OS. The molecule has 1 N–H and O–H groups in total. The number of anilines is 1. The largest absolute Gasteiger partial charge is 0.497 e. The molecule has 2 rings (SSSR count). The molecule has 0 saturated carbocycles. The van der Waals surface area contributed by atoms with Gasteiger partial charge in [-0.15, -0.1) is 11.3 Å². The Labute approximate surface area is 103 Å². The van der Waals surface area contributed by atoms with Gasteiger partial charge >= 0.3 is 0 Å². The molecule has 0 aliphatic heterocycles. The second kappa shape index (κ2) is 5.18. The summed E-state index contributed by atoms with van der Waals surface area (Å²) in [6.07, 6.45) is 1.84. The Hall–Kier alpha value is -1.26. The summed E-state index contributed by atoms with van der Waals surface area (Å²) in [4.78, 5) is 5.18. The van der Waals surface area contributed by atoms with Crippen molar-refractivity contribution in [3.8, 4) is 5.75 Å². The van der Waals surface area contributed by atoms with Crippen LogP contribution >= 0.6 is 22.9 Å². The molecule has 0 radical (unpaired) electrons. The van der Waals surface area contributed by atoms with Crippen LogP contribution in [0.4, 0.5) is 5.69 Å². The molecule has 0 fully saturated rings. The van der Waals surface area contributed by atoms with Crippen LogP contribution in [-0.4, -0.2) is 12.1 Å². The van der Waals surface area contributed by atoms with Crippen LogP contribution in [0.15, 0.2) is 29.9 Å². The van der Waals surface area contributed by atoms with Crippen LogP contribution < -0.4 is 10.1 Å². The summed E-state index contributed by atoms with van der Waals surface area (Å²) in [6, 6.07) is 5.57. The average molecular weight is 255 g/mol. The molecule has 0 aliphatic carbocycles. The zero-order valence-electron chi connectivity index (χ0n) is 8.74. The molecule has 0 spiro atoms. The molecule has 16 heavy (non-hydrogen) atoms. The topological polar surface area (TPSA) is 34.1 Å². The normalized spacial score (nSPS) is 10.1. The van der Waals surface area contributed by atoms with E-state index in [1.165, 1.54) is 4.88 Å². The molecule has 1 aromatic heterocycles. The molecular weight excluding hydrogens is 244 g/mol. The first-order valence-electron chi connectivity index (χ1n) is 4.74. The standard InChI is InChI=1S/C11H11ClN2OS/c1-15-8-2-3-11(10(12)4-8)14-6-9-5-13-7-16-9/h2-5,7,14H,6H2,1H3. The lowest BCUT2D eigenvalue weighted by molar-refractivity contribution is 0.415. The van der Waals surface area contributed by atoms with Crippen molar-refractivity contribution < 1.29 is 4.74 Å². The van der Waals surface area contributed by atoms with Crippen LogP contribution in [-0.2, 0) is 6.54 Å². The number of halogens is 1. The van der Waals surface area contributed by atoms with Crippen molar-refractivity contribution >= 4 is 28.6 Å². The van der Waals surface area contributed by atoms with Gasteiger partial charge in [0.15, 0.2) is 0 Å². The maximum atomic E-state index is 6.09. The SMILES string of the molecule is COc1ccc(NCc2cncs2)c(Cl)c1. The fourth-order valence-corrected chi connectivity index (χ4v) is 2.05. The number of ether oxygens (including phenoxy) is 1. The van der Waals surface area contributed by atoms with Crippen molar-refractivity contribution in [3.05, 3.63) is 39.8 Å². The summed E-state index contributed by atoms with van der Waals surface area (Å²) in [7, 11) is 1.62. The Morgan fingerprint density at radius 1 is 1.50 bits per heavy atom. The lowest BCUT2D eigenvalue weighted by Crippen LogP contribution is -1.98. The molecule has 0 atom stereocenters. The quantitative estimate of drug-likeness (QED) is 0.908. The maximum absolute atomic E-state index is 6.09. The summed E-state index contributed by atoms with van der Waals surface area (Å²) in [6.45, 7) is 0.733. The van der Waals surface area contributed by atoms with Crippen molar-refractivity contribution in [1.82, 2.24) is 4.98 Å². The molecule has 0 saturated heterocycles. The van der Waals surface area contributed by atoms with Gasteiger partial charge in [0.1, 0.15) is 5.75 Å². The van der Waals surface area contributed by atoms with Gasteiger partial charge in [0.25, 0.3) is 0 Å². The molecule has 1 heterocycles. The molecule has 84 valence electrons. The Balaban J connectivity index is 2.04. The fraction of sp³-hybridized carbons (Fsp3) is 0.182. The van der Waals surface area contributed by atoms with Crippen LogP contribution in [0.1, 0.15) is 4.88 Å². The number of hydrogen-bond donors (Lipinski definition) is 1. The van der Waals surface area contributed by atoms with Gasteiger partial charge in [-0.3, -0.25) is 4.98 Å². The van der Waals surface area contributed by atoms with Crippen LogP contribution in [0.25, 0.3) is 0 Å². The van der Waals surface area contributed by atoms with Gasteiger partial charge in [0.2, 0.25) is 0 Å². The van der Waals surface area contributed by atoms with Crippen molar-refractivity contribution in [2.45, 2.75) is 6.54 Å². The van der Waals surface area contributed by atoms with E-state index in [0.717, 1.165) is 18.0 Å². The number of methoxy groups -OCH3 is 1. The molecule has 0 unspecified atom stereocenters. The van der Waals surface area contributed by atoms with E-state index >= 15 is 0 Å².